The monoisotopic (exact) mass is 398 g/mol. The molecule has 2 aromatic carbocycles. The van der Waals surface area contributed by atoms with E-state index >= 15 is 0 Å². The van der Waals surface area contributed by atoms with Crippen LogP contribution in [0, 0.1) is 13.8 Å². The number of rotatable bonds is 6. The molecule has 2 aromatic heterocycles. The van der Waals surface area contributed by atoms with Crippen molar-refractivity contribution in [2.45, 2.75) is 20.5 Å². The van der Waals surface area contributed by atoms with Gasteiger partial charge in [0, 0.05) is 6.20 Å². The quantitative estimate of drug-likeness (QED) is 0.389. The Bertz CT molecular complexity index is 1200. The van der Waals surface area contributed by atoms with Gasteiger partial charge in [-0.3, -0.25) is 9.20 Å². The summed E-state index contributed by atoms with van der Waals surface area (Å²) >= 11 is 0. The Labute approximate surface area is 174 Å². The van der Waals surface area contributed by atoms with Crippen molar-refractivity contribution in [3.63, 3.8) is 0 Å². The highest BCUT2D eigenvalue weighted by atomic mass is 16.5. The summed E-state index contributed by atoms with van der Waals surface area (Å²) < 4.78 is 7.56. The lowest BCUT2D eigenvalue weighted by atomic mass is 10.2. The molecule has 0 aliphatic carbocycles. The molecular weight excluding hydrogens is 376 g/mol. The van der Waals surface area contributed by atoms with Crippen molar-refractivity contribution in [1.29, 1.82) is 0 Å². The second-order valence-electron chi connectivity index (χ2n) is 7.02. The molecule has 0 aliphatic rings. The zero-order chi connectivity index (χ0) is 20.9. The number of amides is 1. The molecule has 4 rings (SSSR count). The smallest absolute Gasteiger partial charge is 0.290 e. The van der Waals surface area contributed by atoms with Gasteiger partial charge in [0.05, 0.1) is 11.9 Å². The van der Waals surface area contributed by atoms with Gasteiger partial charge in [-0.15, -0.1) is 0 Å². The second-order valence-corrected chi connectivity index (χ2v) is 7.02. The summed E-state index contributed by atoms with van der Waals surface area (Å²) in [6, 6.07) is 21.4. The highest BCUT2D eigenvalue weighted by molar-refractivity contribution is 5.95. The Kier molecular flexibility index (Phi) is 5.57. The molecule has 0 aliphatic heterocycles. The van der Waals surface area contributed by atoms with Gasteiger partial charge in [-0.1, -0.05) is 36.4 Å². The number of fused-ring (bicyclic) bond motifs is 1. The number of imidazole rings is 1. The van der Waals surface area contributed by atoms with E-state index in [1.165, 1.54) is 0 Å². The highest BCUT2D eigenvalue weighted by Gasteiger charge is 2.16. The van der Waals surface area contributed by atoms with Crippen LogP contribution in [0.5, 0.6) is 5.75 Å². The third-order valence-corrected chi connectivity index (χ3v) is 4.66. The van der Waals surface area contributed by atoms with E-state index in [1.54, 1.807) is 10.6 Å². The first-order valence-corrected chi connectivity index (χ1v) is 9.65. The summed E-state index contributed by atoms with van der Waals surface area (Å²) in [5, 5.41) is 4.08. The van der Waals surface area contributed by atoms with Crippen LogP contribution < -0.4 is 10.2 Å². The number of benzene rings is 2. The fraction of sp³-hybridized carbons (Fsp3) is 0.125. The molecular formula is C24H22N4O2. The Morgan fingerprint density at radius 3 is 2.60 bits per heavy atom. The van der Waals surface area contributed by atoms with Crippen LogP contribution >= 0.6 is 0 Å². The molecule has 1 amide bonds. The molecule has 0 radical (unpaired) electrons. The molecule has 0 fully saturated rings. The summed E-state index contributed by atoms with van der Waals surface area (Å²) in [5.74, 6) is 0.474. The molecule has 0 saturated carbocycles. The van der Waals surface area contributed by atoms with Crippen LogP contribution in [0.1, 0.15) is 32.9 Å². The highest BCUT2D eigenvalue weighted by Crippen LogP contribution is 2.15. The molecule has 4 aromatic rings. The van der Waals surface area contributed by atoms with Crippen molar-refractivity contribution in [2.75, 3.05) is 0 Å². The SMILES string of the molecule is Cc1ccc2nc(C)c(C(=O)N/N=C\c3ccc(OCc4ccccc4)cc3)n2c1. The average Bonchev–Trinajstić information content (AvgIpc) is 3.09. The minimum Gasteiger partial charge on any atom is -0.489 e. The van der Waals surface area contributed by atoms with Crippen LogP contribution in [-0.4, -0.2) is 21.5 Å². The van der Waals surface area contributed by atoms with E-state index in [0.717, 1.165) is 28.1 Å². The molecule has 0 spiro atoms. The number of hydrogen-bond acceptors (Lipinski definition) is 4. The first-order chi connectivity index (χ1) is 14.6. The van der Waals surface area contributed by atoms with Crippen LogP contribution in [-0.2, 0) is 6.61 Å². The maximum atomic E-state index is 12.6. The van der Waals surface area contributed by atoms with Crippen molar-refractivity contribution in [3.8, 4) is 5.75 Å². The van der Waals surface area contributed by atoms with Gasteiger partial charge in [-0.25, -0.2) is 10.4 Å². The van der Waals surface area contributed by atoms with Gasteiger partial charge in [0.25, 0.3) is 5.91 Å². The molecule has 0 atom stereocenters. The fourth-order valence-corrected chi connectivity index (χ4v) is 3.15. The van der Waals surface area contributed by atoms with Crippen molar-refractivity contribution in [2.24, 2.45) is 5.10 Å². The molecule has 0 unspecified atom stereocenters. The third-order valence-electron chi connectivity index (χ3n) is 4.66. The Morgan fingerprint density at radius 1 is 1.07 bits per heavy atom. The van der Waals surface area contributed by atoms with Crippen LogP contribution in [0.4, 0.5) is 0 Å². The van der Waals surface area contributed by atoms with E-state index in [4.69, 9.17) is 4.74 Å². The molecule has 1 N–H and O–H groups in total. The second kappa shape index (κ2) is 8.61. The topological polar surface area (TPSA) is 68.0 Å². The molecule has 0 saturated heterocycles. The maximum Gasteiger partial charge on any atom is 0.290 e. The summed E-state index contributed by atoms with van der Waals surface area (Å²) in [6.07, 6.45) is 3.49. The van der Waals surface area contributed by atoms with Crippen LogP contribution in [0.2, 0.25) is 0 Å². The maximum absolute atomic E-state index is 12.6. The number of nitrogens with zero attached hydrogens (tertiary/aromatic N) is 3. The van der Waals surface area contributed by atoms with Gasteiger partial charge < -0.3 is 4.74 Å². The first kappa shape index (κ1) is 19.4. The normalized spacial score (nSPS) is 11.1. The third kappa shape index (κ3) is 4.38. The Morgan fingerprint density at radius 2 is 1.83 bits per heavy atom. The number of aryl methyl sites for hydroxylation is 2. The molecule has 6 nitrogen and oxygen atoms in total. The van der Waals surface area contributed by atoms with Crippen molar-refractivity contribution in [3.05, 3.63) is 101 Å². The molecule has 150 valence electrons. The molecule has 6 heteroatoms. The number of carbonyl (C=O) groups is 1. The lowest BCUT2D eigenvalue weighted by molar-refractivity contribution is 0.0948. The minimum absolute atomic E-state index is 0.301. The van der Waals surface area contributed by atoms with Gasteiger partial charge in [-0.2, -0.15) is 5.10 Å². The van der Waals surface area contributed by atoms with E-state index in [-0.39, 0.29) is 5.91 Å². The summed E-state index contributed by atoms with van der Waals surface area (Å²) in [5.41, 5.74) is 7.48. The van der Waals surface area contributed by atoms with Gasteiger partial charge >= 0.3 is 0 Å². The van der Waals surface area contributed by atoms with E-state index in [9.17, 15) is 4.79 Å². The van der Waals surface area contributed by atoms with E-state index in [2.05, 4.69) is 15.5 Å². The number of hydrazone groups is 1. The predicted molar refractivity (Wildman–Crippen MR) is 117 cm³/mol. The fourth-order valence-electron chi connectivity index (χ4n) is 3.15. The number of hydrogen-bond donors (Lipinski definition) is 1. The standard InChI is InChI=1S/C24H22N4O2/c1-17-8-13-22-26-18(2)23(28(22)15-17)24(29)27-25-14-19-9-11-21(12-10-19)30-16-20-6-4-3-5-7-20/h3-15H,16H2,1-2H3,(H,27,29)/b25-14-. The number of pyridine rings is 1. The lowest BCUT2D eigenvalue weighted by Gasteiger charge is -2.06. The minimum atomic E-state index is -0.301. The van der Waals surface area contributed by atoms with E-state index in [0.29, 0.717) is 18.0 Å². The van der Waals surface area contributed by atoms with Gasteiger partial charge in [-0.05, 0) is 60.9 Å². The lowest BCUT2D eigenvalue weighted by Crippen LogP contribution is -2.20. The molecule has 30 heavy (non-hydrogen) atoms. The largest absolute Gasteiger partial charge is 0.489 e. The molecule has 2 heterocycles. The average molecular weight is 398 g/mol. The van der Waals surface area contributed by atoms with E-state index in [1.807, 2.05) is 86.8 Å². The Hall–Kier alpha value is -3.93. The van der Waals surface area contributed by atoms with E-state index < -0.39 is 0 Å². The van der Waals surface area contributed by atoms with Crippen molar-refractivity contribution in [1.82, 2.24) is 14.8 Å². The number of nitrogens with one attached hydrogen (secondary N) is 1. The summed E-state index contributed by atoms with van der Waals surface area (Å²) in [4.78, 5) is 17.0. The number of carbonyl (C=O) groups excluding carboxylic acids is 1. The number of aromatic nitrogens is 2. The summed E-state index contributed by atoms with van der Waals surface area (Å²) in [7, 11) is 0. The predicted octanol–water partition coefficient (Wildman–Crippen LogP) is 4.29. The molecule has 0 bridgehead atoms. The zero-order valence-corrected chi connectivity index (χ0v) is 16.9. The zero-order valence-electron chi connectivity index (χ0n) is 16.9. The Balaban J connectivity index is 1.38. The van der Waals surface area contributed by atoms with Crippen LogP contribution in [0.3, 0.4) is 0 Å². The number of ether oxygens (including phenoxy) is 1. The van der Waals surface area contributed by atoms with Crippen molar-refractivity contribution < 1.29 is 9.53 Å². The van der Waals surface area contributed by atoms with Gasteiger partial charge in [0.1, 0.15) is 23.7 Å². The van der Waals surface area contributed by atoms with Gasteiger partial charge in [0.2, 0.25) is 0 Å². The van der Waals surface area contributed by atoms with Crippen LogP contribution in [0.25, 0.3) is 5.65 Å². The van der Waals surface area contributed by atoms with Gasteiger partial charge in [0.15, 0.2) is 0 Å². The van der Waals surface area contributed by atoms with Crippen LogP contribution in [0.15, 0.2) is 78.0 Å². The first-order valence-electron chi connectivity index (χ1n) is 9.65. The summed E-state index contributed by atoms with van der Waals surface area (Å²) in [6.45, 7) is 4.30. The van der Waals surface area contributed by atoms with Crippen molar-refractivity contribution >= 4 is 17.8 Å².